The van der Waals surface area contributed by atoms with E-state index in [-0.39, 0.29) is 5.41 Å². The highest BCUT2D eigenvalue weighted by molar-refractivity contribution is 5.04. The van der Waals surface area contributed by atoms with Gasteiger partial charge in [0.25, 0.3) is 0 Å². The molecule has 1 saturated carbocycles. The molecule has 2 aliphatic rings. The molecule has 19 heavy (non-hydrogen) atoms. The first kappa shape index (κ1) is 15.3. The van der Waals surface area contributed by atoms with Gasteiger partial charge < -0.3 is 15.0 Å². The molecule has 1 N–H and O–H groups in total. The lowest BCUT2D eigenvalue weighted by atomic mass is 9.64. The molecule has 1 aliphatic carbocycles. The molecular formula is C16H32N2O. The third kappa shape index (κ3) is 3.71. The summed E-state index contributed by atoms with van der Waals surface area (Å²) in [6.45, 7) is 12.5. The van der Waals surface area contributed by atoms with Gasteiger partial charge in [0, 0.05) is 24.1 Å². The minimum atomic E-state index is 0.290. The van der Waals surface area contributed by atoms with Crippen LogP contribution >= 0.6 is 0 Å². The molecule has 2 rings (SSSR count). The molecule has 1 aliphatic heterocycles. The summed E-state index contributed by atoms with van der Waals surface area (Å²) >= 11 is 0. The fourth-order valence-corrected chi connectivity index (χ4v) is 3.22. The van der Waals surface area contributed by atoms with Crippen LogP contribution in [0, 0.1) is 11.3 Å². The van der Waals surface area contributed by atoms with E-state index in [9.17, 15) is 0 Å². The predicted octanol–water partition coefficient (Wildman–Crippen LogP) is 2.51. The lowest BCUT2D eigenvalue weighted by Gasteiger charge is -2.53. The van der Waals surface area contributed by atoms with Crippen molar-refractivity contribution in [3.05, 3.63) is 0 Å². The van der Waals surface area contributed by atoms with Crippen molar-refractivity contribution in [1.82, 2.24) is 10.2 Å². The maximum Gasteiger partial charge on any atom is 0.0656 e. The van der Waals surface area contributed by atoms with Gasteiger partial charge in [0.1, 0.15) is 0 Å². The molecule has 2 atom stereocenters. The quantitative estimate of drug-likeness (QED) is 0.829. The number of likely N-dealkylation sites (tertiary alicyclic amines) is 1. The number of ether oxygens (including phenoxy) is 1. The van der Waals surface area contributed by atoms with Crippen LogP contribution in [-0.2, 0) is 4.74 Å². The maximum absolute atomic E-state index is 6.04. The number of nitrogens with one attached hydrogen (secondary N) is 1. The van der Waals surface area contributed by atoms with Crippen molar-refractivity contribution in [3.63, 3.8) is 0 Å². The summed E-state index contributed by atoms with van der Waals surface area (Å²) in [7, 11) is 2.22. The van der Waals surface area contributed by atoms with E-state index in [1.165, 1.54) is 32.4 Å². The van der Waals surface area contributed by atoms with E-state index in [1.807, 2.05) is 0 Å². The minimum absolute atomic E-state index is 0.290. The predicted molar refractivity (Wildman–Crippen MR) is 80.4 cm³/mol. The van der Waals surface area contributed by atoms with Crippen LogP contribution < -0.4 is 5.32 Å². The average molecular weight is 268 g/mol. The highest BCUT2D eigenvalue weighted by Gasteiger charge is 2.49. The summed E-state index contributed by atoms with van der Waals surface area (Å²) in [6.07, 6.45) is 4.21. The number of rotatable bonds is 5. The van der Waals surface area contributed by atoms with E-state index in [2.05, 4.69) is 45.0 Å². The van der Waals surface area contributed by atoms with Gasteiger partial charge in [-0.1, -0.05) is 27.7 Å². The van der Waals surface area contributed by atoms with Crippen molar-refractivity contribution in [2.75, 3.05) is 26.7 Å². The lowest BCUT2D eigenvalue weighted by Crippen LogP contribution is -2.63. The Hall–Kier alpha value is -0.120. The molecule has 0 aromatic heterocycles. The van der Waals surface area contributed by atoms with Gasteiger partial charge in [-0.2, -0.15) is 0 Å². The normalized spacial score (nSPS) is 32.5. The van der Waals surface area contributed by atoms with Crippen molar-refractivity contribution in [2.45, 2.75) is 65.1 Å². The van der Waals surface area contributed by atoms with Gasteiger partial charge in [-0.15, -0.1) is 0 Å². The van der Waals surface area contributed by atoms with E-state index >= 15 is 0 Å². The van der Waals surface area contributed by atoms with Gasteiger partial charge in [0.05, 0.1) is 6.10 Å². The molecule has 3 nitrogen and oxygen atoms in total. The van der Waals surface area contributed by atoms with Gasteiger partial charge in [-0.25, -0.2) is 0 Å². The van der Waals surface area contributed by atoms with E-state index in [0.717, 1.165) is 6.61 Å². The Kier molecular flexibility index (Phi) is 4.91. The van der Waals surface area contributed by atoms with Gasteiger partial charge in [0.2, 0.25) is 0 Å². The zero-order valence-electron chi connectivity index (χ0n) is 13.4. The molecule has 0 spiro atoms. The molecule has 1 saturated heterocycles. The summed E-state index contributed by atoms with van der Waals surface area (Å²) in [5.74, 6) is 0.636. The molecule has 2 fully saturated rings. The first-order valence-corrected chi connectivity index (χ1v) is 7.95. The number of hydrogen-bond acceptors (Lipinski definition) is 3. The van der Waals surface area contributed by atoms with E-state index in [1.54, 1.807) is 0 Å². The smallest absolute Gasteiger partial charge is 0.0656 e. The molecule has 0 aromatic carbocycles. The summed E-state index contributed by atoms with van der Waals surface area (Å²) < 4.78 is 6.04. The topological polar surface area (TPSA) is 24.5 Å². The van der Waals surface area contributed by atoms with Crippen LogP contribution in [0.15, 0.2) is 0 Å². The number of hydrogen-bond donors (Lipinski definition) is 1. The Bertz CT molecular complexity index is 282. The number of piperidine rings is 1. The van der Waals surface area contributed by atoms with Crippen molar-refractivity contribution in [2.24, 2.45) is 11.3 Å². The molecular weight excluding hydrogens is 236 g/mol. The van der Waals surface area contributed by atoms with Gasteiger partial charge in [-0.05, 0) is 45.3 Å². The van der Waals surface area contributed by atoms with E-state index in [0.29, 0.717) is 24.1 Å². The molecule has 0 aromatic rings. The Balaban J connectivity index is 1.74. The SMILES string of the molecule is CC(C)COC1CC(NC2CCN(C)CC2)C1(C)C. The summed E-state index contributed by atoms with van der Waals surface area (Å²) in [6, 6.07) is 1.35. The zero-order valence-corrected chi connectivity index (χ0v) is 13.4. The summed E-state index contributed by atoms with van der Waals surface area (Å²) in [4.78, 5) is 2.43. The molecule has 0 radical (unpaired) electrons. The first-order valence-electron chi connectivity index (χ1n) is 7.95. The van der Waals surface area contributed by atoms with E-state index in [4.69, 9.17) is 4.74 Å². The zero-order chi connectivity index (χ0) is 14.0. The maximum atomic E-state index is 6.04. The summed E-state index contributed by atoms with van der Waals surface area (Å²) in [5.41, 5.74) is 0.290. The van der Waals surface area contributed by atoms with Gasteiger partial charge in [-0.3, -0.25) is 0 Å². The Morgan fingerprint density at radius 1 is 1.26 bits per heavy atom. The fraction of sp³-hybridized carbons (Fsp3) is 1.00. The third-order valence-electron chi connectivity index (χ3n) is 4.96. The van der Waals surface area contributed by atoms with Crippen LogP contribution in [0.4, 0.5) is 0 Å². The average Bonchev–Trinajstić information content (AvgIpc) is 2.34. The molecule has 0 bridgehead atoms. The van der Waals surface area contributed by atoms with Crippen LogP contribution in [-0.4, -0.2) is 49.8 Å². The van der Waals surface area contributed by atoms with Crippen LogP contribution in [0.2, 0.25) is 0 Å². The lowest BCUT2D eigenvalue weighted by molar-refractivity contribution is -0.126. The second-order valence-corrected chi connectivity index (χ2v) is 7.57. The van der Waals surface area contributed by atoms with Crippen LogP contribution in [0.1, 0.15) is 47.0 Å². The molecule has 3 heteroatoms. The summed E-state index contributed by atoms with van der Waals surface area (Å²) in [5, 5.41) is 3.88. The second-order valence-electron chi connectivity index (χ2n) is 7.57. The second kappa shape index (κ2) is 6.11. The van der Waals surface area contributed by atoms with E-state index < -0.39 is 0 Å². The largest absolute Gasteiger partial charge is 0.377 e. The van der Waals surface area contributed by atoms with Crippen LogP contribution in [0.3, 0.4) is 0 Å². The standard InChI is InChI=1S/C16H32N2O/c1-12(2)11-19-15-10-14(16(15,3)4)17-13-6-8-18(5)9-7-13/h12-15,17H,6-11H2,1-5H3. The molecule has 112 valence electrons. The van der Waals surface area contributed by atoms with Crippen molar-refractivity contribution >= 4 is 0 Å². The molecule has 1 heterocycles. The molecule has 0 amide bonds. The number of nitrogens with zero attached hydrogens (tertiary/aromatic N) is 1. The first-order chi connectivity index (χ1) is 8.89. The van der Waals surface area contributed by atoms with Gasteiger partial charge >= 0.3 is 0 Å². The third-order valence-corrected chi connectivity index (χ3v) is 4.96. The van der Waals surface area contributed by atoms with Crippen molar-refractivity contribution in [3.8, 4) is 0 Å². The minimum Gasteiger partial charge on any atom is -0.377 e. The Labute approximate surface area is 119 Å². The Morgan fingerprint density at radius 2 is 1.89 bits per heavy atom. The van der Waals surface area contributed by atoms with Crippen molar-refractivity contribution < 1.29 is 4.74 Å². The van der Waals surface area contributed by atoms with Crippen LogP contribution in [0.25, 0.3) is 0 Å². The highest BCUT2D eigenvalue weighted by atomic mass is 16.5. The van der Waals surface area contributed by atoms with Crippen LogP contribution in [0.5, 0.6) is 0 Å². The van der Waals surface area contributed by atoms with Crippen molar-refractivity contribution in [1.29, 1.82) is 0 Å². The monoisotopic (exact) mass is 268 g/mol. The van der Waals surface area contributed by atoms with Gasteiger partial charge in [0.15, 0.2) is 0 Å². The molecule has 2 unspecified atom stereocenters. The highest BCUT2D eigenvalue weighted by Crippen LogP contribution is 2.43. The fourth-order valence-electron chi connectivity index (χ4n) is 3.22. The Morgan fingerprint density at radius 3 is 2.42 bits per heavy atom.